The standard InChI is InChI=1S/C28H36ClN4O12PS/c1-16(34)39-13-41-46(36,42-14-40-17(2)35)15-47(37,38)12-21-23-24(45-28(3,4)44-23)27(43-21)33-10-9-19-22(31-18-7-5-6-8-18)20(11-30)25(29)32-26(19)33/h9-10,18,21,23-24,27H,5-8,12-15H2,1-4H3,(H,31,32)/t21-,23-,24-,27-/m1/s1. The maximum atomic E-state index is 13.5. The van der Waals surface area contributed by atoms with E-state index in [1.165, 1.54) is 0 Å². The van der Waals surface area contributed by atoms with E-state index in [0.29, 0.717) is 16.7 Å². The second-order valence-corrected chi connectivity index (χ2v) is 16.8. The Bertz CT molecular complexity index is 1700. The van der Waals surface area contributed by atoms with Crippen molar-refractivity contribution in [3.63, 3.8) is 0 Å². The van der Waals surface area contributed by atoms with E-state index in [1.54, 1.807) is 30.7 Å². The van der Waals surface area contributed by atoms with E-state index >= 15 is 0 Å². The largest absolute Gasteiger partial charge is 0.438 e. The number of nitriles is 1. The number of carbonyl (C=O) groups excluding carboxylic acids is 2. The minimum absolute atomic E-state index is 0.00343. The van der Waals surface area contributed by atoms with Gasteiger partial charge in [0.05, 0.1) is 11.4 Å². The molecule has 5 rings (SSSR count). The third kappa shape index (κ3) is 8.26. The molecule has 4 heterocycles. The van der Waals surface area contributed by atoms with Crippen LogP contribution in [0.1, 0.15) is 65.2 Å². The van der Waals surface area contributed by atoms with Crippen molar-refractivity contribution in [2.45, 2.75) is 89.7 Å². The zero-order valence-corrected chi connectivity index (χ0v) is 28.6. The lowest BCUT2D eigenvalue weighted by molar-refractivity contribution is -0.193. The van der Waals surface area contributed by atoms with Gasteiger partial charge in [-0.1, -0.05) is 24.4 Å². The SMILES string of the molecule is CC(=O)OCOP(=O)(CS(=O)(=O)C[C@H]1O[C@@H](n2ccc3c(NC4CCCC4)c(C#N)c(Cl)nc32)[C@@H]2OC(C)(C)O[C@@H]21)OCOC(C)=O. The fourth-order valence-corrected chi connectivity index (χ4v) is 10.4. The number of fused-ring (bicyclic) bond motifs is 2. The highest BCUT2D eigenvalue weighted by Crippen LogP contribution is 2.51. The summed E-state index contributed by atoms with van der Waals surface area (Å²) in [6.45, 7) is 3.79. The van der Waals surface area contributed by atoms with E-state index in [1.807, 2.05) is 0 Å². The lowest BCUT2D eigenvalue weighted by Gasteiger charge is -2.25. The van der Waals surface area contributed by atoms with Crippen LogP contribution >= 0.6 is 19.2 Å². The quantitative estimate of drug-likeness (QED) is 0.135. The van der Waals surface area contributed by atoms with Gasteiger partial charge in [0.2, 0.25) is 13.6 Å². The average molecular weight is 719 g/mol. The molecule has 2 aromatic rings. The number of nitrogens with zero attached hydrogens (tertiary/aromatic N) is 3. The van der Waals surface area contributed by atoms with Crippen molar-refractivity contribution >= 4 is 57.7 Å². The first-order valence-electron chi connectivity index (χ1n) is 14.8. The number of anilines is 1. The molecule has 2 aromatic heterocycles. The molecule has 0 unspecified atom stereocenters. The Morgan fingerprint density at radius 3 is 2.36 bits per heavy atom. The zero-order valence-electron chi connectivity index (χ0n) is 26.2. The lowest BCUT2D eigenvalue weighted by Crippen LogP contribution is -2.35. The van der Waals surface area contributed by atoms with Gasteiger partial charge in [0.25, 0.3) is 0 Å². The summed E-state index contributed by atoms with van der Waals surface area (Å²) < 4.78 is 79.8. The summed E-state index contributed by atoms with van der Waals surface area (Å²) in [6.07, 6.45) is 2.03. The molecule has 0 bridgehead atoms. The van der Waals surface area contributed by atoms with Crippen molar-refractivity contribution in [1.82, 2.24) is 9.55 Å². The van der Waals surface area contributed by atoms with Gasteiger partial charge >= 0.3 is 19.5 Å². The first kappa shape index (κ1) is 35.5. The van der Waals surface area contributed by atoms with Crippen molar-refractivity contribution in [2.24, 2.45) is 0 Å². The number of halogens is 1. The molecule has 0 radical (unpaired) electrons. The van der Waals surface area contributed by atoms with Crippen molar-refractivity contribution < 1.29 is 55.3 Å². The molecule has 47 heavy (non-hydrogen) atoms. The predicted molar refractivity (Wildman–Crippen MR) is 165 cm³/mol. The fraction of sp³-hybridized carbons (Fsp3) is 0.643. The van der Waals surface area contributed by atoms with Gasteiger partial charge in [-0.05, 0) is 32.8 Å². The second kappa shape index (κ2) is 14.0. The van der Waals surface area contributed by atoms with Crippen LogP contribution in [0.25, 0.3) is 11.0 Å². The number of esters is 2. The van der Waals surface area contributed by atoms with Crippen LogP contribution in [0.15, 0.2) is 12.3 Å². The third-order valence-electron chi connectivity index (χ3n) is 7.83. The highest BCUT2D eigenvalue weighted by Gasteiger charge is 2.57. The van der Waals surface area contributed by atoms with E-state index in [4.69, 9.17) is 34.9 Å². The molecule has 0 amide bonds. The number of pyridine rings is 1. The van der Waals surface area contributed by atoms with Crippen LogP contribution in [0.3, 0.4) is 0 Å². The van der Waals surface area contributed by atoms with Crippen molar-refractivity contribution in [1.29, 1.82) is 5.26 Å². The Labute approximate surface area is 276 Å². The van der Waals surface area contributed by atoms with E-state index < -0.39 is 84.5 Å². The number of hydrogen-bond acceptors (Lipinski definition) is 15. The van der Waals surface area contributed by atoms with Gasteiger partial charge in [-0.25, -0.2) is 13.4 Å². The van der Waals surface area contributed by atoms with E-state index in [-0.39, 0.29) is 16.8 Å². The predicted octanol–water partition coefficient (Wildman–Crippen LogP) is 3.97. The van der Waals surface area contributed by atoms with Crippen LogP contribution in [0.5, 0.6) is 0 Å². The van der Waals surface area contributed by atoms with Crippen LogP contribution < -0.4 is 5.32 Å². The van der Waals surface area contributed by atoms with Gasteiger partial charge in [0.15, 0.2) is 32.5 Å². The van der Waals surface area contributed by atoms with Crippen LogP contribution in [0.2, 0.25) is 5.15 Å². The Balaban J connectivity index is 1.41. The smallest absolute Gasteiger partial charge is 0.351 e. The van der Waals surface area contributed by atoms with Crippen molar-refractivity contribution in [3.05, 3.63) is 23.0 Å². The zero-order chi connectivity index (χ0) is 34.1. The first-order chi connectivity index (χ1) is 22.1. The van der Waals surface area contributed by atoms with Gasteiger partial charge in [0, 0.05) is 31.5 Å². The molecular weight excluding hydrogens is 683 g/mol. The molecule has 1 N–H and O–H groups in total. The van der Waals surface area contributed by atoms with E-state index in [9.17, 15) is 27.8 Å². The number of hydrogen-bond donors (Lipinski definition) is 1. The number of carbonyl (C=O) groups is 2. The minimum atomic E-state index is -4.52. The molecule has 16 nitrogen and oxygen atoms in total. The number of nitrogens with one attached hydrogen (secondary N) is 1. The maximum absolute atomic E-state index is 13.5. The summed E-state index contributed by atoms with van der Waals surface area (Å²) in [6, 6.07) is 4.09. The second-order valence-electron chi connectivity index (χ2n) is 11.9. The highest BCUT2D eigenvalue weighted by molar-refractivity contribution is 7.97. The molecule has 3 aliphatic rings. The summed E-state index contributed by atoms with van der Waals surface area (Å²) in [7, 11) is -8.84. The van der Waals surface area contributed by atoms with Crippen molar-refractivity contribution in [3.8, 4) is 6.07 Å². The summed E-state index contributed by atoms with van der Waals surface area (Å²) in [5, 5.41) is 14.0. The van der Waals surface area contributed by atoms with E-state index in [2.05, 4.69) is 25.8 Å². The highest BCUT2D eigenvalue weighted by atomic mass is 35.5. The number of sulfone groups is 1. The van der Waals surface area contributed by atoms with Crippen LogP contribution in [0.4, 0.5) is 5.69 Å². The average Bonchev–Trinajstić information content (AvgIpc) is 3.73. The molecule has 4 atom stereocenters. The van der Waals surface area contributed by atoms with Crippen LogP contribution in [-0.2, 0) is 56.7 Å². The number of rotatable bonds is 13. The summed E-state index contributed by atoms with van der Waals surface area (Å²) in [5.41, 5.74) is 0.0167. The Hall–Kier alpha value is -2.81. The van der Waals surface area contributed by atoms with Gasteiger partial charge < -0.3 is 33.6 Å². The van der Waals surface area contributed by atoms with Crippen molar-refractivity contribution in [2.75, 3.05) is 30.1 Å². The van der Waals surface area contributed by atoms with Gasteiger partial charge in [-0.3, -0.25) is 23.2 Å². The molecule has 258 valence electrons. The van der Waals surface area contributed by atoms with Crippen LogP contribution in [-0.4, -0.2) is 84.9 Å². The molecule has 19 heteroatoms. The molecule has 0 aromatic carbocycles. The molecule has 2 saturated heterocycles. The maximum Gasteiger partial charge on any atom is 0.351 e. The van der Waals surface area contributed by atoms with E-state index in [0.717, 1.165) is 39.5 Å². The topological polar surface area (TPSA) is 204 Å². The third-order valence-corrected chi connectivity index (χ3v) is 12.8. The number of ether oxygens (including phenoxy) is 5. The van der Waals surface area contributed by atoms with Gasteiger partial charge in [-0.15, -0.1) is 0 Å². The first-order valence-corrected chi connectivity index (χ1v) is 18.8. The molecular formula is C28H36ClN4O12PS. The minimum Gasteiger partial charge on any atom is -0.438 e. The molecule has 1 aliphatic carbocycles. The summed E-state index contributed by atoms with van der Waals surface area (Å²) in [4.78, 5) is 26.8. The summed E-state index contributed by atoms with van der Waals surface area (Å²) >= 11 is 6.50. The Morgan fingerprint density at radius 1 is 1.15 bits per heavy atom. The van der Waals surface area contributed by atoms with Gasteiger partial charge in [-0.2, -0.15) is 5.26 Å². The molecule has 2 aliphatic heterocycles. The Morgan fingerprint density at radius 2 is 1.77 bits per heavy atom. The van der Waals surface area contributed by atoms with Gasteiger partial charge in [0.1, 0.15) is 35.6 Å². The summed E-state index contributed by atoms with van der Waals surface area (Å²) in [5.74, 6) is -3.33. The number of aromatic nitrogens is 2. The van der Waals surface area contributed by atoms with Crippen LogP contribution in [0, 0.1) is 11.3 Å². The lowest BCUT2D eigenvalue weighted by atomic mass is 10.1. The molecule has 3 fully saturated rings. The normalized spacial score (nSPS) is 24.3. The fourth-order valence-electron chi connectivity index (χ4n) is 5.92. The molecule has 1 saturated carbocycles. The molecule has 0 spiro atoms. The monoisotopic (exact) mass is 718 g/mol. The Kier molecular flexibility index (Phi) is 10.5.